The Morgan fingerprint density at radius 2 is 1.74 bits per heavy atom. The molecule has 252 valence electrons. The lowest BCUT2D eigenvalue weighted by atomic mass is 9.80. The summed E-state index contributed by atoms with van der Waals surface area (Å²) in [6, 6.07) is 12.2. The number of likely N-dealkylation sites (tertiary alicyclic amines) is 1. The molecule has 1 saturated carbocycles. The number of methoxy groups -OCH3 is 1. The van der Waals surface area contributed by atoms with E-state index in [4.69, 9.17) is 9.47 Å². The van der Waals surface area contributed by atoms with Gasteiger partial charge >= 0.3 is 0 Å². The maximum atomic E-state index is 13.8. The quantitative estimate of drug-likeness (QED) is 0.363. The molecular formula is C35H49ClN4O6. The molecule has 1 aliphatic carbocycles. The van der Waals surface area contributed by atoms with E-state index in [1.807, 2.05) is 29.2 Å². The smallest absolute Gasteiger partial charge is 0.253 e. The summed E-state index contributed by atoms with van der Waals surface area (Å²) in [6.07, 6.45) is 6.00. The number of aliphatic hydroxyl groups is 1. The van der Waals surface area contributed by atoms with E-state index in [0.717, 1.165) is 44.1 Å². The number of hydrogen-bond acceptors (Lipinski definition) is 7. The second-order valence-corrected chi connectivity index (χ2v) is 12.9. The number of halogens is 1. The standard InChI is InChI=1S/C35H48N4O6.ClH/c1-5-6-19-39-33(42)30(31(40)25-9-7-8-10-25)36-34(43)35(39)17-20-38(21-18-35)23-24-11-14-27(15-12-24)45-28-16-13-26(22-29(28)44-4)32(41)37(2)3;/h11-16,22,25,30-31,40H,5-10,17-21,23H2,1-4H3,(H,36,43);1H/t30-,31?;/m1./s1. The van der Waals surface area contributed by atoms with Crippen LogP contribution in [-0.2, 0) is 16.1 Å². The van der Waals surface area contributed by atoms with Crippen molar-refractivity contribution in [2.24, 2.45) is 5.92 Å². The van der Waals surface area contributed by atoms with Gasteiger partial charge in [0.2, 0.25) is 11.8 Å². The van der Waals surface area contributed by atoms with Crippen LogP contribution in [0, 0.1) is 5.92 Å². The first-order chi connectivity index (χ1) is 21.7. The van der Waals surface area contributed by atoms with E-state index >= 15 is 0 Å². The van der Waals surface area contributed by atoms with Crippen molar-refractivity contribution in [3.05, 3.63) is 53.6 Å². The van der Waals surface area contributed by atoms with Gasteiger partial charge in [0.25, 0.3) is 5.91 Å². The van der Waals surface area contributed by atoms with Gasteiger partial charge in [0.05, 0.1) is 13.2 Å². The Kier molecular flexibility index (Phi) is 12.0. The van der Waals surface area contributed by atoms with E-state index in [9.17, 15) is 19.5 Å². The molecule has 2 heterocycles. The van der Waals surface area contributed by atoms with Crippen molar-refractivity contribution in [3.63, 3.8) is 0 Å². The summed E-state index contributed by atoms with van der Waals surface area (Å²) in [5, 5.41) is 14.1. The van der Waals surface area contributed by atoms with E-state index in [0.29, 0.717) is 61.8 Å². The van der Waals surface area contributed by atoms with E-state index in [1.54, 1.807) is 39.4 Å². The van der Waals surface area contributed by atoms with Gasteiger partial charge in [-0.15, -0.1) is 12.4 Å². The van der Waals surface area contributed by atoms with Crippen molar-refractivity contribution in [1.82, 2.24) is 20.0 Å². The minimum Gasteiger partial charge on any atom is -0.493 e. The number of nitrogens with one attached hydrogen (secondary N) is 1. The predicted molar refractivity (Wildman–Crippen MR) is 179 cm³/mol. The Bertz CT molecular complexity index is 1360. The Morgan fingerprint density at radius 1 is 1.07 bits per heavy atom. The number of hydrogen-bond donors (Lipinski definition) is 2. The van der Waals surface area contributed by atoms with Crippen LogP contribution in [0.5, 0.6) is 17.2 Å². The monoisotopic (exact) mass is 656 g/mol. The van der Waals surface area contributed by atoms with Crippen molar-refractivity contribution in [3.8, 4) is 17.2 Å². The summed E-state index contributed by atoms with van der Waals surface area (Å²) >= 11 is 0. The summed E-state index contributed by atoms with van der Waals surface area (Å²) in [5.41, 5.74) is 0.773. The van der Waals surface area contributed by atoms with Gasteiger partial charge in [-0.2, -0.15) is 0 Å². The Balaban J connectivity index is 0.00000480. The molecule has 46 heavy (non-hydrogen) atoms. The van der Waals surface area contributed by atoms with Gasteiger partial charge in [-0.3, -0.25) is 19.3 Å². The van der Waals surface area contributed by atoms with Crippen molar-refractivity contribution >= 4 is 30.1 Å². The molecule has 2 aliphatic heterocycles. The second-order valence-electron chi connectivity index (χ2n) is 12.9. The number of piperazine rings is 1. The van der Waals surface area contributed by atoms with Gasteiger partial charge < -0.3 is 29.7 Å². The van der Waals surface area contributed by atoms with Gasteiger partial charge in [0, 0.05) is 45.8 Å². The number of benzene rings is 2. The number of aliphatic hydroxyl groups excluding tert-OH is 1. The lowest BCUT2D eigenvalue weighted by molar-refractivity contribution is -0.165. The van der Waals surface area contributed by atoms with E-state index in [1.165, 1.54) is 4.90 Å². The van der Waals surface area contributed by atoms with Crippen molar-refractivity contribution in [2.45, 2.75) is 82.5 Å². The average molecular weight is 657 g/mol. The third kappa shape index (κ3) is 7.45. The zero-order chi connectivity index (χ0) is 32.1. The normalized spacial score (nSPS) is 20.6. The number of unbranched alkanes of at least 4 members (excludes halogenated alkanes) is 1. The average Bonchev–Trinajstić information content (AvgIpc) is 3.59. The van der Waals surface area contributed by atoms with Crippen LogP contribution in [0.15, 0.2) is 42.5 Å². The fourth-order valence-corrected chi connectivity index (χ4v) is 7.05. The first kappa shape index (κ1) is 35.5. The molecule has 5 rings (SSSR count). The van der Waals surface area contributed by atoms with Crippen LogP contribution >= 0.6 is 12.4 Å². The lowest BCUT2D eigenvalue weighted by Gasteiger charge is -2.52. The number of ether oxygens (including phenoxy) is 2. The zero-order valence-corrected chi connectivity index (χ0v) is 28.3. The highest BCUT2D eigenvalue weighted by atomic mass is 35.5. The molecule has 1 unspecified atom stereocenters. The minimum atomic E-state index is -0.863. The summed E-state index contributed by atoms with van der Waals surface area (Å²) in [4.78, 5) is 45.5. The third-order valence-corrected chi connectivity index (χ3v) is 9.77. The van der Waals surface area contributed by atoms with Crippen LogP contribution in [0.2, 0.25) is 0 Å². The molecule has 0 radical (unpaired) electrons. The maximum Gasteiger partial charge on any atom is 0.253 e. The van der Waals surface area contributed by atoms with Gasteiger partial charge in [0.1, 0.15) is 17.3 Å². The molecule has 10 nitrogen and oxygen atoms in total. The molecular weight excluding hydrogens is 608 g/mol. The molecule has 0 bridgehead atoms. The SMILES string of the molecule is CCCCN1C(=O)[C@@H](C(O)C2CCCC2)NC(=O)C12CCN(Cc1ccc(Oc3ccc(C(=O)N(C)C)cc3OC)cc1)CC2.Cl. The van der Waals surface area contributed by atoms with Crippen LogP contribution in [0.3, 0.4) is 0 Å². The highest BCUT2D eigenvalue weighted by Gasteiger charge is 2.55. The fraction of sp³-hybridized carbons (Fsp3) is 0.571. The summed E-state index contributed by atoms with van der Waals surface area (Å²) in [5.74, 6) is 1.37. The first-order valence-electron chi connectivity index (χ1n) is 16.4. The zero-order valence-electron chi connectivity index (χ0n) is 27.5. The van der Waals surface area contributed by atoms with Crippen LogP contribution in [0.1, 0.15) is 74.2 Å². The van der Waals surface area contributed by atoms with E-state index in [2.05, 4.69) is 17.1 Å². The number of piperidine rings is 1. The molecule has 2 aromatic rings. The van der Waals surface area contributed by atoms with E-state index < -0.39 is 17.7 Å². The molecule has 2 atom stereocenters. The number of nitrogens with zero attached hydrogens (tertiary/aromatic N) is 3. The number of rotatable bonds is 11. The Hall–Kier alpha value is -3.34. The van der Waals surface area contributed by atoms with Crippen LogP contribution in [0.25, 0.3) is 0 Å². The van der Waals surface area contributed by atoms with Crippen molar-refractivity contribution in [2.75, 3.05) is 40.8 Å². The topological polar surface area (TPSA) is 112 Å². The second kappa shape index (κ2) is 15.5. The summed E-state index contributed by atoms with van der Waals surface area (Å²) in [6.45, 7) is 4.72. The molecule has 2 saturated heterocycles. The van der Waals surface area contributed by atoms with Crippen LogP contribution in [0.4, 0.5) is 0 Å². The fourth-order valence-electron chi connectivity index (χ4n) is 7.05. The largest absolute Gasteiger partial charge is 0.493 e. The predicted octanol–water partition coefficient (Wildman–Crippen LogP) is 4.62. The molecule has 0 aromatic heterocycles. The highest BCUT2D eigenvalue weighted by molar-refractivity contribution is 6.00. The van der Waals surface area contributed by atoms with Gasteiger partial charge in [-0.1, -0.05) is 38.3 Å². The molecule has 11 heteroatoms. The lowest BCUT2D eigenvalue weighted by Crippen LogP contribution is -2.75. The van der Waals surface area contributed by atoms with Crippen LogP contribution in [-0.4, -0.2) is 96.1 Å². The number of carbonyl (C=O) groups is 3. The number of amides is 3. The van der Waals surface area contributed by atoms with Gasteiger partial charge in [-0.25, -0.2) is 0 Å². The maximum absolute atomic E-state index is 13.8. The summed E-state index contributed by atoms with van der Waals surface area (Å²) < 4.78 is 11.6. The molecule has 3 fully saturated rings. The summed E-state index contributed by atoms with van der Waals surface area (Å²) in [7, 11) is 4.96. The van der Waals surface area contributed by atoms with E-state index in [-0.39, 0.29) is 36.0 Å². The molecule has 3 amide bonds. The Labute approximate surface area is 278 Å². The molecule has 2 N–H and O–H groups in total. The van der Waals surface area contributed by atoms with Gasteiger partial charge in [0.15, 0.2) is 11.5 Å². The van der Waals surface area contributed by atoms with Crippen molar-refractivity contribution < 1.29 is 29.0 Å². The molecule has 3 aliphatic rings. The molecule has 1 spiro atoms. The van der Waals surface area contributed by atoms with Crippen LogP contribution < -0.4 is 14.8 Å². The third-order valence-electron chi connectivity index (χ3n) is 9.77. The van der Waals surface area contributed by atoms with Gasteiger partial charge in [-0.05, 0) is 73.9 Å². The molecule has 2 aromatic carbocycles. The highest BCUT2D eigenvalue weighted by Crippen LogP contribution is 2.37. The van der Waals surface area contributed by atoms with Crippen molar-refractivity contribution in [1.29, 1.82) is 0 Å². The minimum absolute atomic E-state index is 0. The Morgan fingerprint density at radius 3 is 2.35 bits per heavy atom. The number of carbonyl (C=O) groups excluding carboxylic acids is 3. The first-order valence-corrected chi connectivity index (χ1v) is 16.4.